The molecule has 0 saturated heterocycles. The van der Waals surface area contributed by atoms with Crippen molar-refractivity contribution in [3.05, 3.63) is 11.1 Å². The van der Waals surface area contributed by atoms with E-state index >= 15 is 0 Å². The first-order valence-corrected chi connectivity index (χ1v) is 7.12. The summed E-state index contributed by atoms with van der Waals surface area (Å²) in [5.41, 5.74) is 0.522. The minimum absolute atomic E-state index is 0.118. The molecule has 1 rings (SSSR count). The maximum absolute atomic E-state index is 11.6. The maximum Gasteiger partial charge on any atom is 0.272 e. The Morgan fingerprint density at radius 1 is 1.62 bits per heavy atom. The molecule has 0 spiro atoms. The smallest absolute Gasteiger partial charge is 0.272 e. The molecule has 0 radical (unpaired) electrons. The SMILES string of the molecule is CC(C)(CCCBr)CNC(=O)c1csnn1. The Kier molecular flexibility index (Phi) is 5.34. The lowest BCUT2D eigenvalue weighted by Crippen LogP contribution is -2.34. The largest absolute Gasteiger partial charge is 0.350 e. The van der Waals surface area contributed by atoms with Crippen molar-refractivity contribution in [3.8, 4) is 0 Å². The third-order valence-electron chi connectivity index (χ3n) is 2.31. The van der Waals surface area contributed by atoms with Gasteiger partial charge in [0.1, 0.15) is 0 Å². The minimum Gasteiger partial charge on any atom is -0.350 e. The molecule has 0 fully saturated rings. The van der Waals surface area contributed by atoms with Crippen LogP contribution in [0.4, 0.5) is 0 Å². The highest BCUT2D eigenvalue weighted by Crippen LogP contribution is 2.21. The maximum atomic E-state index is 11.6. The number of nitrogens with zero attached hydrogens (tertiary/aromatic N) is 2. The van der Waals surface area contributed by atoms with E-state index in [4.69, 9.17) is 0 Å². The molecular formula is C10H16BrN3OS. The lowest BCUT2D eigenvalue weighted by atomic mass is 9.88. The van der Waals surface area contributed by atoms with E-state index in [1.165, 1.54) is 11.5 Å². The molecule has 0 aromatic carbocycles. The van der Waals surface area contributed by atoms with Crippen molar-refractivity contribution >= 4 is 33.4 Å². The summed E-state index contributed by atoms with van der Waals surface area (Å²) in [6.07, 6.45) is 2.19. The summed E-state index contributed by atoms with van der Waals surface area (Å²) in [4.78, 5) is 11.6. The summed E-state index contributed by atoms with van der Waals surface area (Å²) in [5.74, 6) is -0.138. The van der Waals surface area contributed by atoms with Crippen molar-refractivity contribution in [1.29, 1.82) is 0 Å². The Bertz CT molecular complexity index is 327. The Morgan fingerprint density at radius 2 is 2.38 bits per heavy atom. The highest BCUT2D eigenvalue weighted by Gasteiger charge is 2.19. The van der Waals surface area contributed by atoms with Crippen molar-refractivity contribution in [2.75, 3.05) is 11.9 Å². The van der Waals surface area contributed by atoms with Crippen LogP contribution in [0.2, 0.25) is 0 Å². The van der Waals surface area contributed by atoms with E-state index in [2.05, 4.69) is 44.7 Å². The number of aromatic nitrogens is 2. The number of alkyl halides is 1. The van der Waals surface area contributed by atoms with E-state index in [1.54, 1.807) is 5.38 Å². The molecule has 90 valence electrons. The Balaban J connectivity index is 2.36. The van der Waals surface area contributed by atoms with E-state index in [9.17, 15) is 4.79 Å². The molecule has 0 bridgehead atoms. The fourth-order valence-electron chi connectivity index (χ4n) is 1.31. The predicted octanol–water partition coefficient (Wildman–Crippen LogP) is 2.47. The normalized spacial score (nSPS) is 11.4. The number of carbonyl (C=O) groups excluding carboxylic acids is 1. The van der Waals surface area contributed by atoms with Gasteiger partial charge in [-0.25, -0.2) is 0 Å². The zero-order chi connectivity index (χ0) is 12.0. The van der Waals surface area contributed by atoms with E-state index in [1.807, 2.05) is 0 Å². The van der Waals surface area contributed by atoms with Crippen LogP contribution in [0.25, 0.3) is 0 Å². The second-order valence-corrected chi connectivity index (χ2v) is 5.83. The van der Waals surface area contributed by atoms with Crippen LogP contribution in [0.3, 0.4) is 0 Å². The molecule has 0 atom stereocenters. The van der Waals surface area contributed by atoms with Gasteiger partial charge in [0.15, 0.2) is 5.69 Å². The molecule has 0 saturated carbocycles. The van der Waals surface area contributed by atoms with Crippen LogP contribution in [0.5, 0.6) is 0 Å². The molecule has 0 aliphatic carbocycles. The lowest BCUT2D eigenvalue weighted by Gasteiger charge is -2.24. The molecule has 0 aliphatic heterocycles. The summed E-state index contributed by atoms with van der Waals surface area (Å²) >= 11 is 4.60. The van der Waals surface area contributed by atoms with Gasteiger partial charge in [0.2, 0.25) is 0 Å². The Morgan fingerprint density at radius 3 is 2.94 bits per heavy atom. The van der Waals surface area contributed by atoms with Crippen LogP contribution in [-0.2, 0) is 0 Å². The molecule has 0 unspecified atom stereocenters. The summed E-state index contributed by atoms with van der Waals surface area (Å²) in [7, 11) is 0. The first-order chi connectivity index (χ1) is 7.55. The van der Waals surface area contributed by atoms with Gasteiger partial charge in [0, 0.05) is 17.3 Å². The summed E-state index contributed by atoms with van der Waals surface area (Å²) in [5, 5.41) is 9.27. The first-order valence-electron chi connectivity index (χ1n) is 5.16. The van der Waals surface area contributed by atoms with Gasteiger partial charge in [-0.2, -0.15) is 0 Å². The third-order valence-corrected chi connectivity index (χ3v) is 3.37. The monoisotopic (exact) mass is 305 g/mol. The highest BCUT2D eigenvalue weighted by molar-refractivity contribution is 9.09. The van der Waals surface area contributed by atoms with Crippen molar-refractivity contribution in [3.63, 3.8) is 0 Å². The number of hydrogen-bond acceptors (Lipinski definition) is 4. The zero-order valence-electron chi connectivity index (χ0n) is 9.49. The number of rotatable bonds is 6. The number of halogens is 1. The first kappa shape index (κ1) is 13.6. The van der Waals surface area contributed by atoms with Gasteiger partial charge in [-0.05, 0) is 29.8 Å². The average molecular weight is 306 g/mol. The van der Waals surface area contributed by atoms with Crippen LogP contribution in [0.15, 0.2) is 5.38 Å². The van der Waals surface area contributed by atoms with Crippen molar-refractivity contribution in [1.82, 2.24) is 14.9 Å². The summed E-state index contributed by atoms with van der Waals surface area (Å²) in [6.45, 7) is 4.96. The fraction of sp³-hybridized carbons (Fsp3) is 0.700. The summed E-state index contributed by atoms with van der Waals surface area (Å²) < 4.78 is 3.66. The van der Waals surface area contributed by atoms with Gasteiger partial charge >= 0.3 is 0 Å². The molecule has 1 aromatic heterocycles. The second kappa shape index (κ2) is 6.30. The van der Waals surface area contributed by atoms with Crippen molar-refractivity contribution < 1.29 is 4.79 Å². The molecule has 0 aliphatic rings. The fourth-order valence-corrected chi connectivity index (χ4v) is 2.02. The lowest BCUT2D eigenvalue weighted by molar-refractivity contribution is 0.0929. The zero-order valence-corrected chi connectivity index (χ0v) is 11.9. The molecule has 1 N–H and O–H groups in total. The van der Waals surface area contributed by atoms with Gasteiger partial charge in [-0.3, -0.25) is 4.79 Å². The van der Waals surface area contributed by atoms with E-state index in [0.29, 0.717) is 12.2 Å². The number of carbonyl (C=O) groups is 1. The number of nitrogens with one attached hydrogen (secondary N) is 1. The predicted molar refractivity (Wildman–Crippen MR) is 69.1 cm³/mol. The number of hydrogen-bond donors (Lipinski definition) is 1. The topological polar surface area (TPSA) is 54.9 Å². The van der Waals surface area contributed by atoms with E-state index in [-0.39, 0.29) is 11.3 Å². The van der Waals surface area contributed by atoms with Gasteiger partial charge in [0.25, 0.3) is 5.91 Å². The molecule has 4 nitrogen and oxygen atoms in total. The van der Waals surface area contributed by atoms with Crippen molar-refractivity contribution in [2.24, 2.45) is 5.41 Å². The van der Waals surface area contributed by atoms with Gasteiger partial charge in [-0.15, -0.1) is 5.10 Å². The second-order valence-electron chi connectivity index (χ2n) is 4.43. The van der Waals surface area contributed by atoms with Gasteiger partial charge in [-0.1, -0.05) is 34.3 Å². The Hall–Kier alpha value is -0.490. The molecular weight excluding hydrogens is 290 g/mol. The van der Waals surface area contributed by atoms with Crippen LogP contribution in [-0.4, -0.2) is 27.4 Å². The number of amides is 1. The Labute approximate surface area is 108 Å². The third kappa shape index (κ3) is 4.57. The van der Waals surface area contributed by atoms with Crippen LogP contribution in [0, 0.1) is 5.41 Å². The van der Waals surface area contributed by atoms with Crippen molar-refractivity contribution in [2.45, 2.75) is 26.7 Å². The quantitative estimate of drug-likeness (QED) is 0.822. The average Bonchev–Trinajstić information content (AvgIpc) is 2.77. The van der Waals surface area contributed by atoms with E-state index in [0.717, 1.165) is 18.2 Å². The van der Waals surface area contributed by atoms with Gasteiger partial charge in [0.05, 0.1) is 0 Å². The standard InChI is InChI=1S/C10H16BrN3OS/c1-10(2,4-3-5-11)7-12-9(15)8-6-16-14-13-8/h6H,3-5,7H2,1-2H3,(H,12,15). The van der Waals surface area contributed by atoms with E-state index < -0.39 is 0 Å². The molecule has 1 heterocycles. The van der Waals surface area contributed by atoms with Gasteiger partial charge < -0.3 is 5.32 Å². The van der Waals surface area contributed by atoms with Crippen LogP contribution in [0.1, 0.15) is 37.2 Å². The van der Waals surface area contributed by atoms with Crippen LogP contribution < -0.4 is 5.32 Å². The molecule has 6 heteroatoms. The molecule has 1 amide bonds. The summed E-state index contributed by atoms with van der Waals surface area (Å²) in [6, 6.07) is 0. The molecule has 16 heavy (non-hydrogen) atoms. The highest BCUT2D eigenvalue weighted by atomic mass is 79.9. The van der Waals surface area contributed by atoms with Crippen LogP contribution >= 0.6 is 27.5 Å². The molecule has 1 aromatic rings. The minimum atomic E-state index is -0.138.